The van der Waals surface area contributed by atoms with E-state index in [2.05, 4.69) is 140 Å². The maximum absolute atomic E-state index is 6.24. The molecule has 7 aromatic carbocycles. The molecular formula is C44H28N2O. The summed E-state index contributed by atoms with van der Waals surface area (Å²) in [5.74, 6) is 0.681. The highest BCUT2D eigenvalue weighted by molar-refractivity contribution is 6.12. The minimum atomic E-state index is 0.681. The number of rotatable bonds is 5. The second kappa shape index (κ2) is 11.2. The van der Waals surface area contributed by atoms with Crippen molar-refractivity contribution in [2.24, 2.45) is 0 Å². The zero-order valence-corrected chi connectivity index (χ0v) is 25.5. The molecule has 0 fully saturated rings. The molecule has 9 aromatic rings. The summed E-state index contributed by atoms with van der Waals surface area (Å²) >= 11 is 0. The van der Waals surface area contributed by atoms with E-state index in [1.165, 1.54) is 27.5 Å². The van der Waals surface area contributed by atoms with Gasteiger partial charge < -0.3 is 4.42 Å². The average molecular weight is 601 g/mol. The largest absolute Gasteiger partial charge is 0.456 e. The second-order valence-corrected chi connectivity index (χ2v) is 11.8. The van der Waals surface area contributed by atoms with Crippen molar-refractivity contribution in [2.75, 3.05) is 0 Å². The summed E-state index contributed by atoms with van der Waals surface area (Å²) in [6.07, 6.45) is 0. The lowest BCUT2D eigenvalue weighted by atomic mass is 9.98. The molecule has 0 unspecified atom stereocenters. The molecule has 3 nitrogen and oxygen atoms in total. The zero-order valence-electron chi connectivity index (χ0n) is 25.5. The number of nitrogens with zero attached hydrogens (tertiary/aromatic N) is 2. The Morgan fingerprint density at radius 1 is 0.362 bits per heavy atom. The van der Waals surface area contributed by atoms with E-state index in [0.717, 1.165) is 55.6 Å². The second-order valence-electron chi connectivity index (χ2n) is 11.8. The van der Waals surface area contributed by atoms with E-state index in [0.29, 0.717) is 5.82 Å². The van der Waals surface area contributed by atoms with Crippen LogP contribution in [0.15, 0.2) is 174 Å². The Kier molecular flexibility index (Phi) is 6.46. The van der Waals surface area contributed by atoms with Crippen LogP contribution in [-0.2, 0) is 0 Å². The van der Waals surface area contributed by atoms with E-state index in [9.17, 15) is 0 Å². The van der Waals surface area contributed by atoms with Crippen LogP contribution < -0.4 is 0 Å². The predicted octanol–water partition coefficient (Wildman–Crippen LogP) is 11.9. The SMILES string of the molecule is c1ccc(-c2ccc(-c3nc(-c4ccc(-c5ccc6ccccc6c5)cc4)cc(-c4cccc5oc6ccccc6c45)n3)cc2)cc1. The zero-order chi connectivity index (χ0) is 31.2. The molecule has 220 valence electrons. The van der Waals surface area contributed by atoms with Gasteiger partial charge in [-0.1, -0.05) is 146 Å². The van der Waals surface area contributed by atoms with E-state index >= 15 is 0 Å². The van der Waals surface area contributed by atoms with Crippen molar-refractivity contribution in [2.45, 2.75) is 0 Å². The topological polar surface area (TPSA) is 38.9 Å². The Labute approximate surface area is 272 Å². The molecule has 2 heterocycles. The van der Waals surface area contributed by atoms with Gasteiger partial charge in [-0.3, -0.25) is 0 Å². The number of furan rings is 1. The Hall–Kier alpha value is -6.32. The van der Waals surface area contributed by atoms with Crippen LogP contribution in [0.1, 0.15) is 0 Å². The standard InChI is InChI=1S/C44H28N2O/c1-2-9-29(10-3-1)31-19-24-34(25-20-31)44-45-39(33-22-17-32(18-23-33)36-26-21-30-11-4-5-12-35(30)27-36)28-40(46-44)37-14-8-16-42-43(37)38-13-6-7-15-41(38)47-42/h1-28H. The Morgan fingerprint density at radius 3 is 1.79 bits per heavy atom. The van der Waals surface area contributed by atoms with Gasteiger partial charge >= 0.3 is 0 Å². The number of para-hydroxylation sites is 1. The molecule has 9 rings (SSSR count). The molecule has 0 bridgehead atoms. The first-order valence-corrected chi connectivity index (χ1v) is 15.8. The molecule has 0 atom stereocenters. The van der Waals surface area contributed by atoms with Crippen LogP contribution >= 0.6 is 0 Å². The quantitative estimate of drug-likeness (QED) is 0.197. The summed E-state index contributed by atoms with van der Waals surface area (Å²) in [6, 6.07) is 59.2. The van der Waals surface area contributed by atoms with Gasteiger partial charge in [-0.2, -0.15) is 0 Å². The van der Waals surface area contributed by atoms with Gasteiger partial charge in [0.05, 0.1) is 11.4 Å². The van der Waals surface area contributed by atoms with Crippen molar-refractivity contribution >= 4 is 32.7 Å². The van der Waals surface area contributed by atoms with Crippen LogP contribution in [0.25, 0.3) is 88.9 Å². The third-order valence-corrected chi connectivity index (χ3v) is 8.92. The first kappa shape index (κ1) is 27.0. The van der Waals surface area contributed by atoms with E-state index in [1.807, 2.05) is 30.3 Å². The molecule has 47 heavy (non-hydrogen) atoms. The summed E-state index contributed by atoms with van der Waals surface area (Å²) in [6.45, 7) is 0. The van der Waals surface area contributed by atoms with Gasteiger partial charge in [0, 0.05) is 27.5 Å². The maximum atomic E-state index is 6.24. The van der Waals surface area contributed by atoms with Crippen LogP contribution in [-0.4, -0.2) is 9.97 Å². The third-order valence-electron chi connectivity index (χ3n) is 8.92. The van der Waals surface area contributed by atoms with Gasteiger partial charge in [-0.05, 0) is 57.3 Å². The first-order chi connectivity index (χ1) is 23.3. The van der Waals surface area contributed by atoms with E-state index < -0.39 is 0 Å². The number of hydrogen-bond donors (Lipinski definition) is 0. The number of fused-ring (bicyclic) bond motifs is 4. The fraction of sp³-hybridized carbons (Fsp3) is 0. The molecule has 0 aliphatic heterocycles. The Balaban J connectivity index is 1.18. The molecule has 0 aliphatic carbocycles. The highest BCUT2D eigenvalue weighted by Crippen LogP contribution is 2.38. The molecule has 0 radical (unpaired) electrons. The molecule has 0 saturated heterocycles. The highest BCUT2D eigenvalue weighted by Gasteiger charge is 2.16. The molecule has 0 saturated carbocycles. The van der Waals surface area contributed by atoms with Crippen molar-refractivity contribution in [3.05, 3.63) is 170 Å². The Bertz CT molecular complexity index is 2550. The third kappa shape index (κ3) is 4.95. The minimum Gasteiger partial charge on any atom is -0.456 e. The summed E-state index contributed by atoms with van der Waals surface area (Å²) in [5, 5.41) is 4.61. The van der Waals surface area contributed by atoms with Gasteiger partial charge in [0.25, 0.3) is 0 Å². The van der Waals surface area contributed by atoms with Gasteiger partial charge in [0.2, 0.25) is 0 Å². The van der Waals surface area contributed by atoms with Crippen LogP contribution in [0.3, 0.4) is 0 Å². The summed E-state index contributed by atoms with van der Waals surface area (Å²) in [7, 11) is 0. The maximum Gasteiger partial charge on any atom is 0.160 e. The lowest BCUT2D eigenvalue weighted by Gasteiger charge is -2.11. The van der Waals surface area contributed by atoms with Crippen molar-refractivity contribution < 1.29 is 4.42 Å². The van der Waals surface area contributed by atoms with Crippen LogP contribution in [0, 0.1) is 0 Å². The molecule has 2 aromatic heterocycles. The summed E-state index contributed by atoms with van der Waals surface area (Å²) < 4.78 is 6.24. The van der Waals surface area contributed by atoms with E-state index in [4.69, 9.17) is 14.4 Å². The summed E-state index contributed by atoms with van der Waals surface area (Å²) in [5.41, 5.74) is 11.1. The Morgan fingerprint density at radius 2 is 0.957 bits per heavy atom. The number of aromatic nitrogens is 2. The van der Waals surface area contributed by atoms with Crippen molar-refractivity contribution in [3.8, 4) is 56.2 Å². The van der Waals surface area contributed by atoms with Crippen LogP contribution in [0.5, 0.6) is 0 Å². The average Bonchev–Trinajstić information content (AvgIpc) is 3.54. The molecule has 0 spiro atoms. The molecule has 0 N–H and O–H groups in total. The monoisotopic (exact) mass is 600 g/mol. The minimum absolute atomic E-state index is 0.681. The normalized spacial score (nSPS) is 11.4. The lowest BCUT2D eigenvalue weighted by molar-refractivity contribution is 0.669. The molecule has 0 amide bonds. The summed E-state index contributed by atoms with van der Waals surface area (Å²) in [4.78, 5) is 10.3. The van der Waals surface area contributed by atoms with Gasteiger partial charge in [-0.25, -0.2) is 9.97 Å². The van der Waals surface area contributed by atoms with Crippen LogP contribution in [0.2, 0.25) is 0 Å². The van der Waals surface area contributed by atoms with Crippen molar-refractivity contribution in [1.29, 1.82) is 0 Å². The fourth-order valence-electron chi connectivity index (χ4n) is 6.49. The fourth-order valence-corrected chi connectivity index (χ4v) is 6.49. The smallest absolute Gasteiger partial charge is 0.160 e. The highest BCUT2D eigenvalue weighted by atomic mass is 16.3. The van der Waals surface area contributed by atoms with Crippen LogP contribution in [0.4, 0.5) is 0 Å². The van der Waals surface area contributed by atoms with Crippen molar-refractivity contribution in [1.82, 2.24) is 9.97 Å². The van der Waals surface area contributed by atoms with Gasteiger partial charge in [-0.15, -0.1) is 0 Å². The van der Waals surface area contributed by atoms with Crippen molar-refractivity contribution in [3.63, 3.8) is 0 Å². The predicted molar refractivity (Wildman–Crippen MR) is 194 cm³/mol. The lowest BCUT2D eigenvalue weighted by Crippen LogP contribution is -1.96. The molecule has 3 heteroatoms. The molecular weight excluding hydrogens is 572 g/mol. The van der Waals surface area contributed by atoms with E-state index in [1.54, 1.807) is 0 Å². The van der Waals surface area contributed by atoms with E-state index in [-0.39, 0.29) is 0 Å². The number of benzene rings is 7. The van der Waals surface area contributed by atoms with Gasteiger partial charge in [0.15, 0.2) is 5.82 Å². The number of hydrogen-bond acceptors (Lipinski definition) is 3. The first-order valence-electron chi connectivity index (χ1n) is 15.8. The van der Waals surface area contributed by atoms with Gasteiger partial charge in [0.1, 0.15) is 11.2 Å². The molecule has 0 aliphatic rings.